The van der Waals surface area contributed by atoms with Gasteiger partial charge < -0.3 is 10.2 Å². The molecule has 3 rings (SSSR count). The Balaban J connectivity index is 2.20. The molecule has 1 aliphatic rings. The topological polar surface area (TPSA) is 109 Å². The number of aromatic nitrogens is 1. The molecule has 0 fully saturated rings. The van der Waals surface area contributed by atoms with Gasteiger partial charge in [-0.1, -0.05) is 15.9 Å². The van der Waals surface area contributed by atoms with Crippen molar-refractivity contribution in [3.63, 3.8) is 0 Å². The first kappa shape index (κ1) is 19.6. The first-order valence-electron chi connectivity index (χ1n) is 7.80. The minimum Gasteiger partial charge on any atom is -0.493 e. The van der Waals surface area contributed by atoms with Gasteiger partial charge in [0.1, 0.15) is 4.88 Å². The van der Waals surface area contributed by atoms with E-state index in [-0.39, 0.29) is 38.9 Å². The Labute approximate surface area is 170 Å². The molecule has 10 heteroatoms. The molecule has 1 unspecified atom stereocenters. The summed E-state index contributed by atoms with van der Waals surface area (Å²) in [5.74, 6) is -2.23. The molecule has 0 aliphatic carbocycles. The van der Waals surface area contributed by atoms with E-state index in [1.165, 1.54) is 11.5 Å². The van der Waals surface area contributed by atoms with Gasteiger partial charge in [-0.3, -0.25) is 19.0 Å². The maximum absolute atomic E-state index is 12.4. The lowest BCUT2D eigenvalue weighted by atomic mass is 10.1. The van der Waals surface area contributed by atoms with Gasteiger partial charge in [-0.2, -0.15) is 0 Å². The third-order valence-corrected chi connectivity index (χ3v) is 6.02. The smallest absolute Gasteiger partial charge is 0.303 e. The number of fused-ring (bicyclic) bond motifs is 1. The van der Waals surface area contributed by atoms with Crippen LogP contribution in [0.15, 0.2) is 27.7 Å². The molecule has 0 bridgehead atoms. The van der Waals surface area contributed by atoms with Gasteiger partial charge in [0.25, 0.3) is 5.91 Å². The van der Waals surface area contributed by atoms with Gasteiger partial charge in [0.05, 0.1) is 17.0 Å². The van der Waals surface area contributed by atoms with Crippen molar-refractivity contribution in [2.24, 2.45) is 4.99 Å². The van der Waals surface area contributed by atoms with Crippen LogP contribution in [0.25, 0.3) is 5.57 Å². The Morgan fingerprint density at radius 2 is 2.11 bits per heavy atom. The lowest BCUT2D eigenvalue weighted by Crippen LogP contribution is -2.23. The van der Waals surface area contributed by atoms with E-state index in [1.807, 2.05) is 0 Å². The van der Waals surface area contributed by atoms with Crippen LogP contribution in [-0.4, -0.2) is 32.4 Å². The molecule has 2 heterocycles. The number of Topliss-reactive ketones (excluding diaryl/α,β-unsaturated/α-hetero) is 1. The second-order valence-corrected chi connectivity index (χ2v) is 8.46. The standard InChI is InChI=1S/C17H13BrN2O5S2/c1-7(21)11(4-5-12(22)23)20-16(25)14(27-17(20)26)13-9-6-8(18)2-3-10(9)19-15(13)24/h2-3,6,11,25H,4-5H2,1H3,(H,22,23). The Bertz CT molecular complexity index is 1160. The number of carboxylic acids is 1. The van der Waals surface area contributed by atoms with Gasteiger partial charge in [-0.15, -0.1) is 11.3 Å². The van der Waals surface area contributed by atoms with E-state index in [2.05, 4.69) is 20.9 Å². The van der Waals surface area contributed by atoms with Crippen molar-refractivity contribution < 1.29 is 24.6 Å². The molecule has 0 saturated heterocycles. The monoisotopic (exact) mass is 468 g/mol. The van der Waals surface area contributed by atoms with Crippen molar-refractivity contribution in [2.45, 2.75) is 25.8 Å². The highest BCUT2D eigenvalue weighted by Crippen LogP contribution is 2.36. The van der Waals surface area contributed by atoms with Crippen molar-refractivity contribution >= 4 is 62.7 Å². The molecule has 2 N–H and O–H groups in total. The fourth-order valence-corrected chi connectivity index (χ4v) is 4.70. The molecule has 1 atom stereocenters. The van der Waals surface area contributed by atoms with Crippen molar-refractivity contribution in [1.29, 1.82) is 0 Å². The lowest BCUT2D eigenvalue weighted by Gasteiger charge is -2.15. The van der Waals surface area contributed by atoms with Crippen molar-refractivity contribution in [2.75, 3.05) is 0 Å². The third-order valence-electron chi connectivity index (χ3n) is 4.12. The van der Waals surface area contributed by atoms with Crippen LogP contribution in [0.5, 0.6) is 5.88 Å². The van der Waals surface area contributed by atoms with Crippen LogP contribution >= 0.6 is 39.5 Å². The summed E-state index contributed by atoms with van der Waals surface area (Å²) in [6, 6.07) is 4.24. The molecule has 1 aromatic heterocycles. The maximum Gasteiger partial charge on any atom is 0.303 e. The highest BCUT2D eigenvalue weighted by molar-refractivity contribution is 9.10. The Kier molecular flexibility index (Phi) is 5.41. The summed E-state index contributed by atoms with van der Waals surface area (Å²) >= 11 is 9.63. The Hall–Kier alpha value is -2.17. The summed E-state index contributed by atoms with van der Waals surface area (Å²) < 4.78 is 2.14. The number of nitrogens with zero attached hydrogens (tertiary/aromatic N) is 2. The summed E-state index contributed by atoms with van der Waals surface area (Å²) in [4.78, 5) is 39.5. The highest BCUT2D eigenvalue weighted by atomic mass is 79.9. The fourth-order valence-electron chi connectivity index (χ4n) is 2.90. The summed E-state index contributed by atoms with van der Waals surface area (Å²) in [7, 11) is 0. The molecular weight excluding hydrogens is 456 g/mol. The molecule has 1 aliphatic heterocycles. The number of benzene rings is 1. The molecule has 1 aromatic carbocycles. The van der Waals surface area contributed by atoms with Gasteiger partial charge in [-0.25, -0.2) is 4.99 Å². The molecule has 140 valence electrons. The number of aliphatic carboxylic acids is 1. The molecule has 2 aromatic rings. The number of hydrogen-bond acceptors (Lipinski definition) is 6. The summed E-state index contributed by atoms with van der Waals surface area (Å²) in [5.41, 5.74) is 0.208. The van der Waals surface area contributed by atoms with Crippen LogP contribution in [0.1, 0.15) is 30.7 Å². The van der Waals surface area contributed by atoms with Crippen LogP contribution in [0.4, 0.5) is 0 Å². The zero-order chi connectivity index (χ0) is 19.9. The van der Waals surface area contributed by atoms with E-state index in [0.29, 0.717) is 10.6 Å². The average Bonchev–Trinajstić information content (AvgIpc) is 3.04. The van der Waals surface area contributed by atoms with Crippen LogP contribution in [0, 0.1) is 3.95 Å². The van der Waals surface area contributed by atoms with Crippen molar-refractivity contribution in [3.8, 4) is 5.88 Å². The summed E-state index contributed by atoms with van der Waals surface area (Å²) in [5, 5.41) is 20.7. The van der Waals surface area contributed by atoms with E-state index in [0.717, 1.165) is 15.8 Å². The zero-order valence-corrected chi connectivity index (χ0v) is 17.2. The number of ketones is 1. The van der Waals surface area contributed by atoms with Crippen LogP contribution in [0.2, 0.25) is 0 Å². The number of thiazole rings is 1. The molecule has 0 spiro atoms. The predicted octanol–water partition coefficient (Wildman–Crippen LogP) is 2.10. The van der Waals surface area contributed by atoms with E-state index < -0.39 is 17.9 Å². The van der Waals surface area contributed by atoms with Crippen molar-refractivity contribution in [1.82, 2.24) is 4.57 Å². The SMILES string of the molecule is CC(=O)C(CCC(=O)O)n1c(O)c(C2=c3cc(Br)ccc3=NC2=O)sc1=S. The minimum absolute atomic E-state index is 0.0154. The third kappa shape index (κ3) is 3.64. The van der Waals surface area contributed by atoms with E-state index >= 15 is 0 Å². The normalized spacial score (nSPS) is 14.0. The van der Waals surface area contributed by atoms with Crippen LogP contribution in [0.3, 0.4) is 0 Å². The number of carbonyl (C=O) groups excluding carboxylic acids is 2. The summed E-state index contributed by atoms with van der Waals surface area (Å²) in [6.07, 6.45) is -0.268. The summed E-state index contributed by atoms with van der Waals surface area (Å²) in [6.45, 7) is 1.31. The second-order valence-electron chi connectivity index (χ2n) is 5.90. The largest absolute Gasteiger partial charge is 0.493 e. The van der Waals surface area contributed by atoms with Crippen LogP contribution < -0.4 is 10.6 Å². The zero-order valence-electron chi connectivity index (χ0n) is 13.9. The van der Waals surface area contributed by atoms with Crippen molar-refractivity contribution in [3.05, 3.63) is 42.1 Å². The van der Waals surface area contributed by atoms with Gasteiger partial charge in [-0.05, 0) is 43.8 Å². The Morgan fingerprint density at radius 1 is 1.41 bits per heavy atom. The quantitative estimate of drug-likeness (QED) is 0.628. The molecule has 0 saturated carbocycles. The second kappa shape index (κ2) is 7.45. The first-order chi connectivity index (χ1) is 12.7. The van der Waals surface area contributed by atoms with E-state index in [9.17, 15) is 19.5 Å². The number of halogens is 1. The van der Waals surface area contributed by atoms with E-state index in [1.54, 1.807) is 18.2 Å². The van der Waals surface area contributed by atoms with E-state index in [4.69, 9.17) is 17.3 Å². The number of carbonyl (C=O) groups is 3. The molecule has 0 radical (unpaired) electrons. The number of aromatic hydroxyl groups is 1. The van der Waals surface area contributed by atoms with Gasteiger partial charge in [0.2, 0.25) is 5.88 Å². The van der Waals surface area contributed by atoms with Gasteiger partial charge in [0, 0.05) is 16.1 Å². The van der Waals surface area contributed by atoms with Crippen LogP contribution in [-0.2, 0) is 14.4 Å². The lowest BCUT2D eigenvalue weighted by molar-refractivity contribution is -0.137. The number of rotatable bonds is 6. The molecular formula is C17H13BrN2O5S2. The molecule has 27 heavy (non-hydrogen) atoms. The molecule has 1 amide bonds. The Morgan fingerprint density at radius 3 is 2.74 bits per heavy atom. The van der Waals surface area contributed by atoms with Gasteiger partial charge >= 0.3 is 5.97 Å². The average molecular weight is 469 g/mol. The first-order valence-corrected chi connectivity index (χ1v) is 9.82. The number of amides is 1. The number of carboxylic acid groups (broad SMARTS) is 1. The maximum atomic E-state index is 12.4. The number of hydrogen-bond donors (Lipinski definition) is 2. The minimum atomic E-state index is -1.05. The predicted molar refractivity (Wildman–Crippen MR) is 104 cm³/mol. The fraction of sp³-hybridized carbons (Fsp3) is 0.235. The highest BCUT2D eigenvalue weighted by Gasteiger charge is 2.29. The molecule has 7 nitrogen and oxygen atoms in total. The van der Waals surface area contributed by atoms with Gasteiger partial charge in [0.15, 0.2) is 9.74 Å².